The lowest BCUT2D eigenvalue weighted by Gasteiger charge is -2.18. The van der Waals surface area contributed by atoms with Crippen molar-refractivity contribution in [3.05, 3.63) is 0 Å². The first-order valence-corrected chi connectivity index (χ1v) is 8.10. The predicted molar refractivity (Wildman–Crippen MR) is 63.6 cm³/mol. The molecular weight excluding hydrogens is 230 g/mol. The lowest BCUT2D eigenvalue weighted by molar-refractivity contribution is 0.579. The van der Waals surface area contributed by atoms with E-state index in [0.29, 0.717) is 12.8 Å². The summed E-state index contributed by atoms with van der Waals surface area (Å²) in [5, 5.41) is 9.08. The largest absolute Gasteiger partial charge is 0.229 e. The third kappa shape index (κ3) is 3.69. The van der Waals surface area contributed by atoms with Crippen molar-refractivity contribution in [2.24, 2.45) is 0 Å². The van der Waals surface area contributed by atoms with Crippen LogP contribution in [0.3, 0.4) is 0 Å². The minimum atomic E-state index is -2.86. The molecule has 0 aromatic heterocycles. The maximum Gasteiger partial charge on any atom is 0.150 e. The summed E-state index contributed by atoms with van der Waals surface area (Å²) in [7, 11) is -2.86. The number of rotatable bonds is 5. The zero-order valence-electron chi connectivity index (χ0n) is 9.03. The standard InChI is InChI=1S/C10H17NO2S2/c1-2-15(12,13)8-4-6-10(9-11)5-3-7-14-10/h2-8H2,1H3. The van der Waals surface area contributed by atoms with Crippen LogP contribution in [0.25, 0.3) is 0 Å². The van der Waals surface area contributed by atoms with Gasteiger partial charge in [0.2, 0.25) is 0 Å². The summed E-state index contributed by atoms with van der Waals surface area (Å²) in [5.41, 5.74) is 0. The van der Waals surface area contributed by atoms with Crippen molar-refractivity contribution in [1.29, 1.82) is 5.26 Å². The van der Waals surface area contributed by atoms with Crippen LogP contribution in [0.5, 0.6) is 0 Å². The van der Waals surface area contributed by atoms with Gasteiger partial charge in [-0.1, -0.05) is 6.92 Å². The number of nitriles is 1. The zero-order valence-corrected chi connectivity index (χ0v) is 10.7. The van der Waals surface area contributed by atoms with Crippen molar-refractivity contribution >= 4 is 21.6 Å². The van der Waals surface area contributed by atoms with Gasteiger partial charge >= 0.3 is 0 Å². The number of nitrogens with zero attached hydrogens (tertiary/aromatic N) is 1. The van der Waals surface area contributed by atoms with Gasteiger partial charge in [0.1, 0.15) is 14.6 Å². The van der Waals surface area contributed by atoms with Gasteiger partial charge < -0.3 is 0 Å². The van der Waals surface area contributed by atoms with E-state index in [1.54, 1.807) is 18.7 Å². The van der Waals surface area contributed by atoms with Gasteiger partial charge in [-0.3, -0.25) is 0 Å². The molecule has 0 aliphatic carbocycles. The van der Waals surface area contributed by atoms with E-state index in [4.69, 9.17) is 5.26 Å². The van der Waals surface area contributed by atoms with Crippen LogP contribution >= 0.6 is 11.8 Å². The summed E-state index contributed by atoms with van der Waals surface area (Å²) < 4.78 is 22.3. The maximum atomic E-state index is 11.3. The fourth-order valence-electron chi connectivity index (χ4n) is 1.76. The van der Waals surface area contributed by atoms with E-state index in [9.17, 15) is 8.42 Å². The molecule has 1 heterocycles. The first kappa shape index (κ1) is 12.9. The topological polar surface area (TPSA) is 57.9 Å². The normalized spacial score (nSPS) is 26.4. The van der Waals surface area contributed by atoms with Crippen molar-refractivity contribution in [1.82, 2.24) is 0 Å². The van der Waals surface area contributed by atoms with Gasteiger partial charge in [0.25, 0.3) is 0 Å². The molecule has 1 rings (SSSR count). The van der Waals surface area contributed by atoms with Crippen molar-refractivity contribution < 1.29 is 8.42 Å². The molecule has 0 aromatic carbocycles. The fourth-order valence-corrected chi connectivity index (χ4v) is 3.95. The molecule has 15 heavy (non-hydrogen) atoms. The van der Waals surface area contributed by atoms with E-state index < -0.39 is 9.84 Å². The number of hydrogen-bond acceptors (Lipinski definition) is 4. The average molecular weight is 247 g/mol. The molecule has 0 amide bonds. The van der Waals surface area contributed by atoms with Crippen LogP contribution in [0.2, 0.25) is 0 Å². The highest BCUT2D eigenvalue weighted by atomic mass is 32.2. The second-order valence-electron chi connectivity index (χ2n) is 3.90. The lowest BCUT2D eigenvalue weighted by atomic mass is 9.99. The lowest BCUT2D eigenvalue weighted by Crippen LogP contribution is -2.20. The fraction of sp³-hybridized carbons (Fsp3) is 0.900. The Morgan fingerprint density at radius 2 is 2.27 bits per heavy atom. The minimum Gasteiger partial charge on any atom is -0.229 e. The molecule has 1 aliphatic heterocycles. The molecule has 0 N–H and O–H groups in total. The van der Waals surface area contributed by atoms with Crippen molar-refractivity contribution in [2.45, 2.75) is 37.4 Å². The monoisotopic (exact) mass is 247 g/mol. The second kappa shape index (κ2) is 5.22. The van der Waals surface area contributed by atoms with Crippen LogP contribution in [0, 0.1) is 11.3 Å². The quantitative estimate of drug-likeness (QED) is 0.745. The second-order valence-corrected chi connectivity index (χ2v) is 7.85. The van der Waals surface area contributed by atoms with Gasteiger partial charge in [-0.25, -0.2) is 8.42 Å². The van der Waals surface area contributed by atoms with Crippen LogP contribution in [0.15, 0.2) is 0 Å². The van der Waals surface area contributed by atoms with E-state index in [2.05, 4.69) is 6.07 Å². The first-order chi connectivity index (χ1) is 7.04. The highest BCUT2D eigenvalue weighted by Crippen LogP contribution is 2.41. The van der Waals surface area contributed by atoms with Crippen LogP contribution in [0.4, 0.5) is 0 Å². The number of hydrogen-bond donors (Lipinski definition) is 0. The first-order valence-electron chi connectivity index (χ1n) is 5.29. The maximum absolute atomic E-state index is 11.3. The van der Waals surface area contributed by atoms with Crippen LogP contribution in [0.1, 0.15) is 32.6 Å². The van der Waals surface area contributed by atoms with Crippen molar-refractivity contribution in [2.75, 3.05) is 17.3 Å². The van der Waals surface area contributed by atoms with Crippen LogP contribution in [-0.2, 0) is 9.84 Å². The molecule has 1 saturated heterocycles. The summed E-state index contributed by atoms with van der Waals surface area (Å²) in [6.07, 6.45) is 3.34. The number of sulfone groups is 1. The van der Waals surface area contributed by atoms with Gasteiger partial charge in [0.15, 0.2) is 0 Å². The van der Waals surface area contributed by atoms with Gasteiger partial charge in [0, 0.05) is 5.75 Å². The molecule has 0 bridgehead atoms. The number of thioether (sulfide) groups is 1. The van der Waals surface area contributed by atoms with E-state index in [0.717, 1.165) is 18.6 Å². The Kier molecular flexibility index (Phi) is 4.47. The smallest absolute Gasteiger partial charge is 0.150 e. The molecular formula is C10H17NO2S2. The van der Waals surface area contributed by atoms with Crippen LogP contribution in [-0.4, -0.2) is 30.4 Å². The molecule has 5 heteroatoms. The van der Waals surface area contributed by atoms with Crippen molar-refractivity contribution in [3.63, 3.8) is 0 Å². The average Bonchev–Trinajstić information content (AvgIpc) is 2.67. The Labute approximate surface area is 96.2 Å². The molecule has 3 nitrogen and oxygen atoms in total. The molecule has 0 radical (unpaired) electrons. The molecule has 0 aromatic rings. The highest BCUT2D eigenvalue weighted by Gasteiger charge is 2.34. The minimum absolute atomic E-state index is 0.208. The molecule has 0 spiro atoms. The summed E-state index contributed by atoms with van der Waals surface area (Å²) in [4.78, 5) is 0. The van der Waals surface area contributed by atoms with E-state index >= 15 is 0 Å². The molecule has 1 aliphatic rings. The van der Waals surface area contributed by atoms with Gasteiger partial charge in [-0.15, -0.1) is 11.8 Å². The third-order valence-electron chi connectivity index (χ3n) is 2.78. The van der Waals surface area contributed by atoms with Crippen molar-refractivity contribution in [3.8, 4) is 6.07 Å². The summed E-state index contributed by atoms with van der Waals surface area (Å²) in [6.45, 7) is 1.67. The molecule has 86 valence electrons. The summed E-state index contributed by atoms with van der Waals surface area (Å²) in [6, 6.07) is 2.35. The Morgan fingerprint density at radius 1 is 1.53 bits per heavy atom. The summed E-state index contributed by atoms with van der Waals surface area (Å²) >= 11 is 1.69. The molecule has 1 unspecified atom stereocenters. The van der Waals surface area contributed by atoms with Gasteiger partial charge in [0.05, 0.1) is 11.8 Å². The summed E-state index contributed by atoms with van der Waals surface area (Å²) in [5.74, 6) is 1.47. The Hall–Kier alpha value is -0.210. The Morgan fingerprint density at radius 3 is 2.73 bits per heavy atom. The third-order valence-corrected chi connectivity index (χ3v) is 6.12. The Balaban J connectivity index is 2.40. The zero-order chi connectivity index (χ0) is 11.4. The van der Waals surface area contributed by atoms with Gasteiger partial charge in [-0.05, 0) is 31.4 Å². The molecule has 1 atom stereocenters. The van der Waals surface area contributed by atoms with Gasteiger partial charge in [-0.2, -0.15) is 5.26 Å². The molecule has 0 saturated carbocycles. The van der Waals surface area contributed by atoms with E-state index in [-0.39, 0.29) is 16.3 Å². The molecule has 1 fully saturated rings. The Bertz CT molecular complexity index is 337. The van der Waals surface area contributed by atoms with Crippen LogP contribution < -0.4 is 0 Å². The van der Waals surface area contributed by atoms with E-state index in [1.807, 2.05) is 0 Å². The SMILES string of the molecule is CCS(=O)(=O)CCCC1(C#N)CCCS1. The van der Waals surface area contributed by atoms with E-state index in [1.165, 1.54) is 0 Å². The highest BCUT2D eigenvalue weighted by molar-refractivity contribution is 8.01. The predicted octanol–water partition coefficient (Wildman–Crippen LogP) is 1.99.